The molecule has 2 aromatic rings. The van der Waals surface area contributed by atoms with Crippen molar-refractivity contribution in [1.29, 1.82) is 0 Å². The van der Waals surface area contributed by atoms with Gasteiger partial charge in [0, 0.05) is 23.7 Å². The first-order valence-corrected chi connectivity index (χ1v) is 10.9. The van der Waals surface area contributed by atoms with E-state index in [4.69, 9.17) is 11.6 Å². The van der Waals surface area contributed by atoms with Crippen molar-refractivity contribution in [3.63, 3.8) is 0 Å². The number of nitrogens with zero attached hydrogens (tertiary/aromatic N) is 1. The van der Waals surface area contributed by atoms with Crippen LogP contribution in [0.1, 0.15) is 44.2 Å². The molecule has 0 bridgehead atoms. The summed E-state index contributed by atoms with van der Waals surface area (Å²) < 4.78 is 14.2. The average Bonchev–Trinajstić information content (AvgIpc) is 2.74. The van der Waals surface area contributed by atoms with Crippen LogP contribution in [0.4, 0.5) is 4.39 Å². The van der Waals surface area contributed by atoms with Gasteiger partial charge in [0.25, 0.3) is 0 Å². The molecule has 1 N–H and O–H groups in total. The van der Waals surface area contributed by atoms with Crippen molar-refractivity contribution >= 4 is 23.4 Å². The van der Waals surface area contributed by atoms with Crippen LogP contribution in [0.5, 0.6) is 0 Å². The zero-order chi connectivity index (χ0) is 21.9. The van der Waals surface area contributed by atoms with E-state index in [1.165, 1.54) is 12.1 Å². The largest absolute Gasteiger partial charge is 0.354 e. The third kappa shape index (κ3) is 6.84. The third-order valence-electron chi connectivity index (χ3n) is 5.09. The minimum atomic E-state index is -0.608. The number of carbonyl (C=O) groups is 2. The maximum Gasteiger partial charge on any atom is 0.242 e. The van der Waals surface area contributed by atoms with E-state index in [1.807, 2.05) is 37.3 Å². The quantitative estimate of drug-likeness (QED) is 0.519. The van der Waals surface area contributed by atoms with Crippen LogP contribution in [0.25, 0.3) is 0 Å². The number of hydrogen-bond donors (Lipinski definition) is 1. The van der Waals surface area contributed by atoms with Gasteiger partial charge in [0.2, 0.25) is 11.8 Å². The second kappa shape index (κ2) is 12.3. The Balaban J connectivity index is 2.21. The normalized spacial score (nSPS) is 11.7. The summed E-state index contributed by atoms with van der Waals surface area (Å²) in [6.07, 6.45) is 2.75. The first-order chi connectivity index (χ1) is 14.5. The second-order valence-corrected chi connectivity index (χ2v) is 7.68. The van der Waals surface area contributed by atoms with Crippen molar-refractivity contribution in [2.75, 3.05) is 13.1 Å². The lowest BCUT2D eigenvalue weighted by molar-refractivity contribution is -0.140. The van der Waals surface area contributed by atoms with Crippen LogP contribution in [-0.2, 0) is 22.4 Å². The zero-order valence-corrected chi connectivity index (χ0v) is 18.4. The summed E-state index contributed by atoms with van der Waals surface area (Å²) in [7, 11) is 0. The summed E-state index contributed by atoms with van der Waals surface area (Å²) in [5.41, 5.74) is 1.23. The predicted octanol–water partition coefficient (Wildman–Crippen LogP) is 4.79. The molecule has 0 aliphatic rings. The van der Waals surface area contributed by atoms with Crippen molar-refractivity contribution in [2.45, 2.75) is 52.0 Å². The Morgan fingerprint density at radius 1 is 1.10 bits per heavy atom. The number of halogens is 2. The van der Waals surface area contributed by atoms with Gasteiger partial charge in [-0.25, -0.2) is 4.39 Å². The summed E-state index contributed by atoms with van der Waals surface area (Å²) in [5, 5.41) is 3.14. The van der Waals surface area contributed by atoms with E-state index < -0.39 is 11.9 Å². The number of amides is 2. The van der Waals surface area contributed by atoms with E-state index in [0.29, 0.717) is 25.9 Å². The fourth-order valence-electron chi connectivity index (χ4n) is 3.36. The molecule has 0 aromatic heterocycles. The van der Waals surface area contributed by atoms with Gasteiger partial charge < -0.3 is 10.2 Å². The smallest absolute Gasteiger partial charge is 0.242 e. The summed E-state index contributed by atoms with van der Waals surface area (Å²) in [5.74, 6) is -0.998. The van der Waals surface area contributed by atoms with Crippen LogP contribution in [0.15, 0.2) is 48.5 Å². The Bertz CT molecular complexity index is 809. The standard InChI is InChI=1S/C24H30ClFN2O2/c1-3-5-15-27-24(30)22(4-2)28(16-14-18-10-7-6-8-11-18)23(29)17-19-20(25)12-9-13-21(19)26/h6-13,22H,3-5,14-17H2,1-2H3,(H,27,30)/t22-/m1/s1. The molecule has 4 nitrogen and oxygen atoms in total. The second-order valence-electron chi connectivity index (χ2n) is 7.27. The predicted molar refractivity (Wildman–Crippen MR) is 119 cm³/mol. The molecule has 0 unspecified atom stereocenters. The highest BCUT2D eigenvalue weighted by Crippen LogP contribution is 2.21. The molecule has 1 atom stereocenters. The summed E-state index contributed by atoms with van der Waals surface area (Å²) in [4.78, 5) is 27.5. The lowest BCUT2D eigenvalue weighted by Gasteiger charge is -2.31. The van der Waals surface area contributed by atoms with Crippen LogP contribution >= 0.6 is 11.6 Å². The molecule has 0 spiro atoms. The average molecular weight is 433 g/mol. The maximum absolute atomic E-state index is 14.2. The van der Waals surface area contributed by atoms with E-state index in [2.05, 4.69) is 12.2 Å². The molecule has 30 heavy (non-hydrogen) atoms. The molecule has 0 radical (unpaired) electrons. The van der Waals surface area contributed by atoms with Crippen LogP contribution in [-0.4, -0.2) is 35.8 Å². The fraction of sp³-hybridized carbons (Fsp3) is 0.417. The topological polar surface area (TPSA) is 49.4 Å². The molecule has 0 fully saturated rings. The van der Waals surface area contributed by atoms with Crippen LogP contribution in [0, 0.1) is 5.82 Å². The monoisotopic (exact) mass is 432 g/mol. The van der Waals surface area contributed by atoms with Gasteiger partial charge in [0.1, 0.15) is 11.9 Å². The van der Waals surface area contributed by atoms with Crippen molar-refractivity contribution in [1.82, 2.24) is 10.2 Å². The Hall–Kier alpha value is -2.40. The molecule has 2 aromatic carbocycles. The van der Waals surface area contributed by atoms with Gasteiger partial charge in [0.05, 0.1) is 6.42 Å². The summed E-state index contributed by atoms with van der Waals surface area (Å²) >= 11 is 6.12. The van der Waals surface area contributed by atoms with E-state index >= 15 is 0 Å². The van der Waals surface area contributed by atoms with Crippen molar-refractivity contribution in [3.05, 3.63) is 70.5 Å². The molecule has 0 heterocycles. The number of hydrogen-bond acceptors (Lipinski definition) is 2. The van der Waals surface area contributed by atoms with Gasteiger partial charge >= 0.3 is 0 Å². The van der Waals surface area contributed by atoms with Crippen molar-refractivity contribution < 1.29 is 14.0 Å². The van der Waals surface area contributed by atoms with Crippen LogP contribution < -0.4 is 5.32 Å². The Morgan fingerprint density at radius 3 is 2.47 bits per heavy atom. The lowest BCUT2D eigenvalue weighted by atomic mass is 10.1. The number of carbonyl (C=O) groups excluding carboxylic acids is 2. The van der Waals surface area contributed by atoms with Crippen molar-refractivity contribution in [3.8, 4) is 0 Å². The van der Waals surface area contributed by atoms with Gasteiger partial charge in [0.15, 0.2) is 0 Å². The number of unbranched alkanes of at least 4 members (excludes halogenated alkanes) is 1. The zero-order valence-electron chi connectivity index (χ0n) is 17.7. The molecule has 0 aliphatic carbocycles. The van der Waals surface area contributed by atoms with Gasteiger partial charge in [-0.3, -0.25) is 9.59 Å². The van der Waals surface area contributed by atoms with Gasteiger partial charge in [-0.2, -0.15) is 0 Å². The molecular formula is C24H30ClFN2O2. The molecule has 162 valence electrons. The Kier molecular flexibility index (Phi) is 9.81. The third-order valence-corrected chi connectivity index (χ3v) is 5.44. The Morgan fingerprint density at radius 2 is 1.83 bits per heavy atom. The van der Waals surface area contributed by atoms with E-state index in [9.17, 15) is 14.0 Å². The first-order valence-electron chi connectivity index (χ1n) is 10.5. The molecule has 2 amide bonds. The van der Waals surface area contributed by atoms with Gasteiger partial charge in [-0.05, 0) is 37.0 Å². The molecule has 0 saturated heterocycles. The molecule has 2 rings (SSSR count). The molecular weight excluding hydrogens is 403 g/mol. The molecule has 0 aliphatic heterocycles. The minimum Gasteiger partial charge on any atom is -0.354 e. The molecule has 0 saturated carbocycles. The first kappa shape index (κ1) is 23.9. The van der Waals surface area contributed by atoms with Gasteiger partial charge in [-0.1, -0.05) is 68.3 Å². The molecule has 6 heteroatoms. The van der Waals surface area contributed by atoms with E-state index in [1.54, 1.807) is 11.0 Å². The summed E-state index contributed by atoms with van der Waals surface area (Å²) in [6, 6.07) is 13.5. The lowest BCUT2D eigenvalue weighted by Crippen LogP contribution is -2.50. The van der Waals surface area contributed by atoms with Crippen LogP contribution in [0.3, 0.4) is 0 Å². The highest BCUT2D eigenvalue weighted by Gasteiger charge is 2.29. The van der Waals surface area contributed by atoms with Crippen molar-refractivity contribution in [2.24, 2.45) is 0 Å². The maximum atomic E-state index is 14.2. The van der Waals surface area contributed by atoms with Gasteiger partial charge in [-0.15, -0.1) is 0 Å². The Labute approximate surface area is 183 Å². The number of nitrogens with one attached hydrogen (secondary N) is 1. The van der Waals surface area contributed by atoms with Crippen LogP contribution in [0.2, 0.25) is 5.02 Å². The number of rotatable bonds is 11. The highest BCUT2D eigenvalue weighted by atomic mass is 35.5. The number of benzene rings is 2. The summed E-state index contributed by atoms with van der Waals surface area (Å²) in [6.45, 7) is 4.88. The fourth-order valence-corrected chi connectivity index (χ4v) is 3.59. The van der Waals surface area contributed by atoms with E-state index in [0.717, 1.165) is 18.4 Å². The van der Waals surface area contributed by atoms with E-state index in [-0.39, 0.29) is 28.8 Å². The minimum absolute atomic E-state index is 0.162. The highest BCUT2D eigenvalue weighted by molar-refractivity contribution is 6.31. The SMILES string of the molecule is CCCCNC(=O)[C@@H](CC)N(CCc1ccccc1)C(=O)Cc1c(F)cccc1Cl.